The highest BCUT2D eigenvalue weighted by Gasteiger charge is 2.45. The maximum Gasteiger partial charge on any atom is 0.290 e. The van der Waals surface area contributed by atoms with Gasteiger partial charge in [-0.05, 0) is 37.1 Å². The summed E-state index contributed by atoms with van der Waals surface area (Å²) in [4.78, 5) is 32.8. The fourth-order valence-corrected chi connectivity index (χ4v) is 5.13. The molecule has 0 saturated carbocycles. The number of amides is 1. The van der Waals surface area contributed by atoms with Crippen molar-refractivity contribution in [2.75, 3.05) is 0 Å². The van der Waals surface area contributed by atoms with Gasteiger partial charge in [-0.1, -0.05) is 59.6 Å². The number of thiazole rings is 1. The minimum Gasteiger partial charge on any atom is -0.503 e. The fourth-order valence-electron chi connectivity index (χ4n) is 3.74. The standard InChI is InChI=1S/C23H18Cl2N2O3S/c1-12-22(31-13(2)26-12)20(28)18-19(16-9-8-15(24)10-17(16)25)27(23(30)21(18)29)11-14-6-4-3-5-7-14/h3-10,19,29H,11H2,1-2H3. The van der Waals surface area contributed by atoms with Gasteiger partial charge in [-0.3, -0.25) is 9.59 Å². The number of ketones is 1. The first-order valence-corrected chi connectivity index (χ1v) is 11.1. The van der Waals surface area contributed by atoms with E-state index in [1.165, 1.54) is 16.2 Å². The highest BCUT2D eigenvalue weighted by atomic mass is 35.5. The first kappa shape index (κ1) is 21.6. The third-order valence-corrected chi connectivity index (χ3v) is 6.74. The summed E-state index contributed by atoms with van der Waals surface area (Å²) in [7, 11) is 0. The first-order chi connectivity index (χ1) is 14.8. The second kappa shape index (κ2) is 8.46. The Morgan fingerprint density at radius 1 is 1.16 bits per heavy atom. The number of carbonyl (C=O) groups excluding carboxylic acids is 2. The molecule has 1 atom stereocenters. The van der Waals surface area contributed by atoms with Crippen LogP contribution in [0.25, 0.3) is 0 Å². The fraction of sp³-hybridized carbons (Fsp3) is 0.174. The third kappa shape index (κ3) is 3.99. The van der Waals surface area contributed by atoms with E-state index < -0.39 is 23.5 Å². The Bertz CT molecular complexity index is 1220. The Labute approximate surface area is 193 Å². The number of aromatic nitrogens is 1. The Hall–Kier alpha value is -2.67. The number of Topliss-reactive ketones (excluding diaryl/α,β-unsaturated/α-hetero) is 1. The topological polar surface area (TPSA) is 70.5 Å². The molecule has 0 radical (unpaired) electrons. The minimum absolute atomic E-state index is 0.00287. The molecule has 5 nitrogen and oxygen atoms in total. The second-order valence-electron chi connectivity index (χ2n) is 7.23. The number of aryl methyl sites for hydroxylation is 2. The molecule has 3 aromatic rings. The van der Waals surface area contributed by atoms with Gasteiger partial charge >= 0.3 is 0 Å². The van der Waals surface area contributed by atoms with E-state index in [2.05, 4.69) is 4.98 Å². The largest absolute Gasteiger partial charge is 0.503 e. The summed E-state index contributed by atoms with van der Waals surface area (Å²) >= 11 is 13.8. The summed E-state index contributed by atoms with van der Waals surface area (Å²) in [6, 6.07) is 13.4. The number of carbonyl (C=O) groups is 2. The van der Waals surface area contributed by atoms with Crippen molar-refractivity contribution in [2.24, 2.45) is 0 Å². The van der Waals surface area contributed by atoms with E-state index in [-0.39, 0.29) is 12.1 Å². The van der Waals surface area contributed by atoms with E-state index >= 15 is 0 Å². The van der Waals surface area contributed by atoms with Crippen molar-refractivity contribution in [3.05, 3.63) is 96.6 Å². The quantitative estimate of drug-likeness (QED) is 0.473. The molecule has 0 fully saturated rings. The predicted octanol–water partition coefficient (Wildman–Crippen LogP) is 5.85. The van der Waals surface area contributed by atoms with Crippen molar-refractivity contribution >= 4 is 46.2 Å². The van der Waals surface area contributed by atoms with Gasteiger partial charge in [0.1, 0.15) is 0 Å². The normalized spacial score (nSPS) is 16.3. The smallest absolute Gasteiger partial charge is 0.290 e. The van der Waals surface area contributed by atoms with Crippen molar-refractivity contribution < 1.29 is 14.7 Å². The van der Waals surface area contributed by atoms with E-state index in [1.54, 1.807) is 32.0 Å². The molecule has 8 heteroatoms. The number of halogens is 2. The lowest BCUT2D eigenvalue weighted by Gasteiger charge is -2.27. The van der Waals surface area contributed by atoms with E-state index in [9.17, 15) is 14.7 Å². The number of hydrogen-bond acceptors (Lipinski definition) is 5. The number of rotatable bonds is 5. The van der Waals surface area contributed by atoms with E-state index in [1.807, 2.05) is 30.3 Å². The third-order valence-electron chi connectivity index (χ3n) is 5.11. The molecule has 1 aromatic heterocycles. The van der Waals surface area contributed by atoms with Gasteiger partial charge in [-0.15, -0.1) is 11.3 Å². The van der Waals surface area contributed by atoms with Crippen LogP contribution in [0.5, 0.6) is 0 Å². The van der Waals surface area contributed by atoms with Crippen LogP contribution in [-0.2, 0) is 11.3 Å². The average Bonchev–Trinajstić information content (AvgIpc) is 3.19. The summed E-state index contributed by atoms with van der Waals surface area (Å²) in [6.45, 7) is 3.74. The zero-order chi connectivity index (χ0) is 22.3. The van der Waals surface area contributed by atoms with Gasteiger partial charge in [0, 0.05) is 16.6 Å². The van der Waals surface area contributed by atoms with E-state index in [0.717, 1.165) is 10.6 Å². The highest BCUT2D eigenvalue weighted by molar-refractivity contribution is 7.14. The van der Waals surface area contributed by atoms with E-state index in [0.29, 0.717) is 26.2 Å². The molecule has 0 aliphatic carbocycles. The first-order valence-electron chi connectivity index (χ1n) is 9.49. The molecule has 158 valence electrons. The molecule has 31 heavy (non-hydrogen) atoms. The lowest BCUT2D eigenvalue weighted by Crippen LogP contribution is -2.30. The van der Waals surface area contributed by atoms with Crippen molar-refractivity contribution in [3.8, 4) is 0 Å². The number of aliphatic hydroxyl groups is 1. The van der Waals surface area contributed by atoms with Gasteiger partial charge in [-0.2, -0.15) is 0 Å². The van der Waals surface area contributed by atoms with Crippen LogP contribution in [-0.4, -0.2) is 26.7 Å². The minimum atomic E-state index is -0.855. The van der Waals surface area contributed by atoms with Crippen LogP contribution in [0.1, 0.15) is 37.5 Å². The number of hydrogen-bond donors (Lipinski definition) is 1. The van der Waals surface area contributed by atoms with Crippen LogP contribution < -0.4 is 0 Å². The summed E-state index contributed by atoms with van der Waals surface area (Å²) in [5.41, 5.74) is 1.93. The molecule has 0 saturated heterocycles. The summed E-state index contributed by atoms with van der Waals surface area (Å²) in [5.74, 6) is -1.62. The molecular weight excluding hydrogens is 455 g/mol. The molecule has 1 aliphatic rings. The van der Waals surface area contributed by atoms with Gasteiger partial charge in [-0.25, -0.2) is 4.98 Å². The summed E-state index contributed by atoms with van der Waals surface area (Å²) in [6.07, 6.45) is 0. The van der Waals surface area contributed by atoms with Gasteiger partial charge in [0.2, 0.25) is 5.78 Å². The van der Waals surface area contributed by atoms with Crippen molar-refractivity contribution in [1.29, 1.82) is 0 Å². The molecule has 1 aliphatic heterocycles. The zero-order valence-electron chi connectivity index (χ0n) is 16.7. The van der Waals surface area contributed by atoms with Crippen LogP contribution in [0.3, 0.4) is 0 Å². The number of nitrogens with zero attached hydrogens (tertiary/aromatic N) is 2. The molecule has 0 bridgehead atoms. The van der Waals surface area contributed by atoms with E-state index in [4.69, 9.17) is 23.2 Å². The number of aliphatic hydroxyl groups excluding tert-OH is 1. The maximum absolute atomic E-state index is 13.5. The molecule has 1 N–H and O–H groups in total. The molecule has 1 unspecified atom stereocenters. The highest BCUT2D eigenvalue weighted by Crippen LogP contribution is 2.43. The van der Waals surface area contributed by atoms with Gasteiger partial charge in [0.25, 0.3) is 5.91 Å². The van der Waals surface area contributed by atoms with Crippen molar-refractivity contribution in [2.45, 2.75) is 26.4 Å². The predicted molar refractivity (Wildman–Crippen MR) is 122 cm³/mol. The van der Waals surface area contributed by atoms with Gasteiger partial charge < -0.3 is 10.0 Å². The van der Waals surface area contributed by atoms with Crippen molar-refractivity contribution in [3.63, 3.8) is 0 Å². The Morgan fingerprint density at radius 2 is 1.87 bits per heavy atom. The zero-order valence-corrected chi connectivity index (χ0v) is 19.1. The monoisotopic (exact) mass is 472 g/mol. The molecule has 0 spiro atoms. The Balaban J connectivity index is 1.85. The lowest BCUT2D eigenvalue weighted by molar-refractivity contribution is -0.130. The van der Waals surface area contributed by atoms with Crippen LogP contribution >= 0.6 is 34.5 Å². The van der Waals surface area contributed by atoms with Crippen LogP contribution in [0.15, 0.2) is 59.9 Å². The molecule has 1 amide bonds. The summed E-state index contributed by atoms with van der Waals surface area (Å²) in [5, 5.41) is 12.3. The van der Waals surface area contributed by atoms with Gasteiger partial charge in [0.15, 0.2) is 5.76 Å². The Morgan fingerprint density at radius 3 is 2.48 bits per heavy atom. The summed E-state index contributed by atoms with van der Waals surface area (Å²) < 4.78 is 0. The van der Waals surface area contributed by atoms with Gasteiger partial charge in [0.05, 0.1) is 27.2 Å². The SMILES string of the molecule is Cc1nc(C)c(C(=O)C2=C(O)C(=O)N(Cc3ccccc3)C2c2ccc(Cl)cc2Cl)s1. The molecule has 2 heterocycles. The molecular formula is C23H18Cl2N2O3S. The van der Waals surface area contributed by atoms with Crippen LogP contribution in [0.4, 0.5) is 0 Å². The lowest BCUT2D eigenvalue weighted by atomic mass is 9.94. The average molecular weight is 473 g/mol. The number of benzene rings is 2. The second-order valence-corrected chi connectivity index (χ2v) is 9.27. The Kier molecular flexibility index (Phi) is 5.88. The van der Waals surface area contributed by atoms with Crippen molar-refractivity contribution in [1.82, 2.24) is 9.88 Å². The van der Waals surface area contributed by atoms with Crippen LogP contribution in [0.2, 0.25) is 10.0 Å². The molecule has 2 aromatic carbocycles. The molecule has 4 rings (SSSR count). The van der Waals surface area contributed by atoms with Crippen LogP contribution in [0, 0.1) is 13.8 Å². The maximum atomic E-state index is 13.5.